The molecule has 0 saturated carbocycles. The zero-order chi connectivity index (χ0) is 17.1. The lowest BCUT2D eigenvalue weighted by Crippen LogP contribution is -2.38. The van der Waals surface area contributed by atoms with Gasteiger partial charge in [0, 0.05) is 31.7 Å². The van der Waals surface area contributed by atoms with Gasteiger partial charge in [0.2, 0.25) is 5.91 Å². The van der Waals surface area contributed by atoms with Crippen LogP contribution in [0.2, 0.25) is 0 Å². The highest BCUT2D eigenvalue weighted by Gasteiger charge is 2.34. The van der Waals surface area contributed by atoms with Crippen molar-refractivity contribution in [2.75, 3.05) is 6.61 Å². The van der Waals surface area contributed by atoms with Gasteiger partial charge < -0.3 is 20.4 Å². The number of pyridine rings is 1. The maximum absolute atomic E-state index is 12.4. The third-order valence-electron chi connectivity index (χ3n) is 4.03. The number of rotatable bonds is 5. The molecule has 0 radical (unpaired) electrons. The summed E-state index contributed by atoms with van der Waals surface area (Å²) in [5, 5.41) is 2.94. The lowest BCUT2D eigenvalue weighted by Gasteiger charge is -2.20. The monoisotopic (exact) mass is 329 g/mol. The third kappa shape index (κ3) is 3.13. The number of primary amides is 1. The second kappa shape index (κ2) is 6.79. The van der Waals surface area contributed by atoms with Crippen LogP contribution in [-0.2, 0) is 11.3 Å². The molecule has 2 atom stereocenters. The lowest BCUT2D eigenvalue weighted by atomic mass is 10.1. The normalized spacial score (nSPS) is 20.0. The highest BCUT2D eigenvalue weighted by atomic mass is 16.5. The molecule has 0 spiro atoms. The molecule has 1 saturated heterocycles. The first-order valence-corrected chi connectivity index (χ1v) is 7.79. The van der Waals surface area contributed by atoms with E-state index in [0.29, 0.717) is 13.0 Å². The van der Waals surface area contributed by atoms with Crippen LogP contribution in [0.5, 0.6) is 0 Å². The van der Waals surface area contributed by atoms with E-state index in [0.717, 1.165) is 12.4 Å². The average molecular weight is 329 g/mol. The van der Waals surface area contributed by atoms with Crippen molar-refractivity contribution in [3.05, 3.63) is 47.8 Å². The first-order valence-electron chi connectivity index (χ1n) is 7.79. The summed E-state index contributed by atoms with van der Waals surface area (Å²) >= 11 is 0. The van der Waals surface area contributed by atoms with Crippen molar-refractivity contribution < 1.29 is 14.3 Å². The fourth-order valence-electron chi connectivity index (χ4n) is 2.75. The summed E-state index contributed by atoms with van der Waals surface area (Å²) in [5.74, 6) is -0.0939. The predicted molar refractivity (Wildman–Crippen MR) is 85.2 cm³/mol. The van der Waals surface area contributed by atoms with Crippen LogP contribution >= 0.6 is 0 Å². The van der Waals surface area contributed by atoms with Crippen molar-refractivity contribution in [3.63, 3.8) is 0 Å². The van der Waals surface area contributed by atoms with Gasteiger partial charge in [-0.1, -0.05) is 0 Å². The molecule has 0 bridgehead atoms. The highest BCUT2D eigenvalue weighted by Crippen LogP contribution is 2.28. The minimum Gasteiger partial charge on any atom is -0.368 e. The Labute approximate surface area is 139 Å². The van der Waals surface area contributed by atoms with Crippen molar-refractivity contribution in [3.8, 4) is 0 Å². The molecular weight excluding hydrogens is 310 g/mol. The Kier molecular flexibility index (Phi) is 4.57. The van der Waals surface area contributed by atoms with Gasteiger partial charge in [-0.25, -0.2) is 4.98 Å². The number of carbonyl (C=O) groups is 2. The van der Waals surface area contributed by atoms with E-state index in [1.165, 1.54) is 18.3 Å². The van der Waals surface area contributed by atoms with Crippen LogP contribution in [0.3, 0.4) is 0 Å². The summed E-state index contributed by atoms with van der Waals surface area (Å²) in [6, 6.07) is 2.78. The largest absolute Gasteiger partial charge is 0.368 e. The van der Waals surface area contributed by atoms with E-state index in [1.54, 1.807) is 6.20 Å². The van der Waals surface area contributed by atoms with Gasteiger partial charge in [0.15, 0.2) is 0 Å². The standard InChI is InChI=1S/C16H19N5O3/c1-2-21-7-6-18-15(21)13-11(5-8-24-13)20-16(23)12-4-3-10(9-19-12)14(17)22/h3-4,6-7,9,11,13H,2,5,8H2,1H3,(H2,17,22)(H,20,23)/t11-,13-/m0/s1. The van der Waals surface area contributed by atoms with E-state index in [9.17, 15) is 9.59 Å². The number of imidazole rings is 1. The van der Waals surface area contributed by atoms with Crippen LogP contribution in [0, 0.1) is 0 Å². The number of aryl methyl sites for hydroxylation is 1. The van der Waals surface area contributed by atoms with Gasteiger partial charge >= 0.3 is 0 Å². The van der Waals surface area contributed by atoms with Crippen LogP contribution in [0.25, 0.3) is 0 Å². The fraction of sp³-hybridized carbons (Fsp3) is 0.375. The van der Waals surface area contributed by atoms with E-state index in [4.69, 9.17) is 10.5 Å². The zero-order valence-electron chi connectivity index (χ0n) is 13.3. The van der Waals surface area contributed by atoms with Crippen LogP contribution in [-0.4, -0.2) is 39.0 Å². The SMILES string of the molecule is CCn1ccnc1[C@H]1OCC[C@@H]1NC(=O)c1ccc(C(N)=O)cn1. The van der Waals surface area contributed by atoms with Gasteiger partial charge in [-0.3, -0.25) is 14.6 Å². The second-order valence-electron chi connectivity index (χ2n) is 5.53. The Morgan fingerprint density at radius 1 is 1.42 bits per heavy atom. The smallest absolute Gasteiger partial charge is 0.270 e. The van der Waals surface area contributed by atoms with Crippen LogP contribution in [0.15, 0.2) is 30.7 Å². The van der Waals surface area contributed by atoms with Crippen molar-refractivity contribution in [2.45, 2.75) is 32.0 Å². The molecule has 3 rings (SSSR count). The van der Waals surface area contributed by atoms with Gasteiger partial charge in [0.25, 0.3) is 5.91 Å². The van der Waals surface area contributed by atoms with E-state index < -0.39 is 5.91 Å². The minimum atomic E-state index is -0.579. The van der Waals surface area contributed by atoms with Gasteiger partial charge in [-0.2, -0.15) is 0 Å². The molecule has 126 valence electrons. The maximum Gasteiger partial charge on any atom is 0.270 e. The molecule has 8 heteroatoms. The number of amides is 2. The van der Waals surface area contributed by atoms with E-state index in [1.807, 2.05) is 17.7 Å². The van der Waals surface area contributed by atoms with Crippen molar-refractivity contribution in [1.82, 2.24) is 19.9 Å². The molecule has 1 fully saturated rings. The molecular formula is C16H19N5O3. The van der Waals surface area contributed by atoms with Gasteiger partial charge in [0.1, 0.15) is 17.6 Å². The summed E-state index contributed by atoms with van der Waals surface area (Å²) in [4.78, 5) is 31.8. The molecule has 8 nitrogen and oxygen atoms in total. The maximum atomic E-state index is 12.4. The molecule has 3 heterocycles. The summed E-state index contributed by atoms with van der Waals surface area (Å²) in [6.07, 6.45) is 5.33. The van der Waals surface area contributed by atoms with Crippen molar-refractivity contribution in [1.29, 1.82) is 0 Å². The average Bonchev–Trinajstić information content (AvgIpc) is 3.23. The third-order valence-corrected chi connectivity index (χ3v) is 4.03. The molecule has 24 heavy (non-hydrogen) atoms. The van der Waals surface area contributed by atoms with Gasteiger partial charge in [0.05, 0.1) is 11.6 Å². The molecule has 0 aliphatic carbocycles. The fourth-order valence-corrected chi connectivity index (χ4v) is 2.75. The topological polar surface area (TPSA) is 112 Å². The highest BCUT2D eigenvalue weighted by molar-refractivity contribution is 5.95. The minimum absolute atomic E-state index is 0.178. The Morgan fingerprint density at radius 2 is 2.25 bits per heavy atom. The van der Waals surface area contributed by atoms with Gasteiger partial charge in [-0.15, -0.1) is 0 Å². The number of hydrogen-bond acceptors (Lipinski definition) is 5. The number of hydrogen-bond donors (Lipinski definition) is 2. The number of ether oxygens (including phenoxy) is 1. The van der Waals surface area contributed by atoms with Crippen LogP contribution in [0.4, 0.5) is 0 Å². The first kappa shape index (κ1) is 16.1. The Bertz CT molecular complexity index is 740. The summed E-state index contributed by atoms with van der Waals surface area (Å²) < 4.78 is 7.76. The summed E-state index contributed by atoms with van der Waals surface area (Å²) in [6.45, 7) is 3.37. The molecule has 0 aromatic carbocycles. The lowest BCUT2D eigenvalue weighted by molar-refractivity contribution is 0.0772. The number of carbonyl (C=O) groups excluding carboxylic acids is 2. The van der Waals surface area contributed by atoms with E-state index in [2.05, 4.69) is 15.3 Å². The molecule has 1 aliphatic rings. The first-order chi connectivity index (χ1) is 11.6. The second-order valence-corrected chi connectivity index (χ2v) is 5.53. The van der Waals surface area contributed by atoms with Crippen LogP contribution < -0.4 is 11.1 Å². The Hall–Kier alpha value is -2.74. The quantitative estimate of drug-likeness (QED) is 0.837. The Balaban J connectivity index is 1.72. The molecule has 2 aromatic rings. The number of nitrogens with one attached hydrogen (secondary N) is 1. The van der Waals surface area contributed by atoms with E-state index >= 15 is 0 Å². The molecule has 2 aromatic heterocycles. The summed E-state index contributed by atoms with van der Waals surface area (Å²) in [7, 11) is 0. The van der Waals surface area contributed by atoms with Crippen LogP contribution in [0.1, 0.15) is 46.1 Å². The Morgan fingerprint density at radius 3 is 2.92 bits per heavy atom. The van der Waals surface area contributed by atoms with Crippen molar-refractivity contribution >= 4 is 11.8 Å². The van der Waals surface area contributed by atoms with Crippen molar-refractivity contribution in [2.24, 2.45) is 5.73 Å². The zero-order valence-corrected chi connectivity index (χ0v) is 13.3. The molecule has 1 aliphatic heterocycles. The molecule has 2 amide bonds. The number of aromatic nitrogens is 3. The number of nitrogens with zero attached hydrogens (tertiary/aromatic N) is 3. The van der Waals surface area contributed by atoms with Gasteiger partial charge in [-0.05, 0) is 25.5 Å². The predicted octanol–water partition coefficient (Wildman–Crippen LogP) is 0.657. The summed E-state index contributed by atoms with van der Waals surface area (Å²) in [5.41, 5.74) is 5.66. The molecule has 0 unspecified atom stereocenters. The van der Waals surface area contributed by atoms with E-state index in [-0.39, 0.29) is 29.3 Å². The number of nitrogens with two attached hydrogens (primary N) is 1. The molecule has 3 N–H and O–H groups in total.